The summed E-state index contributed by atoms with van der Waals surface area (Å²) in [6.45, 7) is 4.55. The minimum atomic E-state index is -0.815. The fourth-order valence-corrected chi connectivity index (χ4v) is 4.64. The second-order valence-corrected chi connectivity index (χ2v) is 8.95. The third-order valence-electron chi connectivity index (χ3n) is 6.09. The number of hydrogen-bond donors (Lipinski definition) is 2. The predicted octanol–water partition coefficient (Wildman–Crippen LogP) is 3.80. The third-order valence-corrected chi connectivity index (χ3v) is 6.09. The zero-order valence-electron chi connectivity index (χ0n) is 16.6. The molecule has 2 aliphatic carbocycles. The molecule has 2 aromatic heterocycles. The topological polar surface area (TPSA) is 118 Å². The molecule has 0 aliphatic heterocycles. The fraction of sp³-hybridized carbons (Fsp3) is 0.750. The molecule has 2 heterocycles. The number of aryl methyl sites for hydroxylation is 1. The average Bonchev–Trinajstić information content (AvgIpc) is 3.14. The molecule has 8 heteroatoms. The summed E-state index contributed by atoms with van der Waals surface area (Å²) in [5.74, 6) is 3.07. The van der Waals surface area contributed by atoms with Crippen LogP contribution in [0.15, 0.2) is 4.52 Å². The lowest BCUT2D eigenvalue weighted by molar-refractivity contribution is -0.137. The quantitative estimate of drug-likeness (QED) is 0.636. The fourth-order valence-electron chi connectivity index (χ4n) is 4.64. The van der Waals surface area contributed by atoms with Crippen molar-refractivity contribution in [2.24, 2.45) is 11.8 Å². The molecule has 0 amide bonds. The van der Waals surface area contributed by atoms with E-state index in [-0.39, 0.29) is 12.3 Å². The summed E-state index contributed by atoms with van der Waals surface area (Å²) in [7, 11) is 0. The van der Waals surface area contributed by atoms with Crippen LogP contribution >= 0.6 is 0 Å². The molecule has 0 unspecified atom stereocenters. The normalized spacial score (nSPS) is 23.0. The van der Waals surface area contributed by atoms with Crippen molar-refractivity contribution in [2.45, 2.75) is 83.0 Å². The number of carboxylic acid groups (broad SMARTS) is 1. The molecule has 2 aliphatic rings. The van der Waals surface area contributed by atoms with Gasteiger partial charge in [0.1, 0.15) is 5.76 Å². The Labute approximate surface area is 164 Å². The molecule has 152 valence electrons. The summed E-state index contributed by atoms with van der Waals surface area (Å²) in [5.41, 5.74) is 2.07. The van der Waals surface area contributed by atoms with Crippen LogP contribution in [0.4, 0.5) is 0 Å². The van der Waals surface area contributed by atoms with Crippen molar-refractivity contribution >= 4 is 5.97 Å². The molecule has 2 fully saturated rings. The Hall–Kier alpha value is -2.25. The van der Waals surface area contributed by atoms with Gasteiger partial charge in [0.25, 0.3) is 0 Å². The van der Waals surface area contributed by atoms with Crippen molar-refractivity contribution < 1.29 is 14.4 Å². The maximum Gasteiger partial charge on any atom is 0.304 e. The third kappa shape index (κ3) is 4.25. The molecule has 2 aromatic rings. The number of aromatic amines is 1. The summed E-state index contributed by atoms with van der Waals surface area (Å²) in [4.78, 5) is 11.5. The molecular formula is C20H29N5O3. The molecule has 1 atom stereocenters. The Bertz CT molecular complexity index is 791. The minimum Gasteiger partial charge on any atom is -0.481 e. The number of carboxylic acids is 1. The second-order valence-electron chi connectivity index (χ2n) is 8.95. The monoisotopic (exact) mass is 387 g/mol. The van der Waals surface area contributed by atoms with E-state index in [0.29, 0.717) is 30.5 Å². The van der Waals surface area contributed by atoms with Crippen LogP contribution in [0.25, 0.3) is 0 Å². The van der Waals surface area contributed by atoms with Gasteiger partial charge in [0, 0.05) is 23.8 Å². The SMILES string of the molecule is CC(C)CC1CC(c2onc([C@@H](CCc3nn[nH]n3)CC(=O)O)c2C2CC2)C1. The van der Waals surface area contributed by atoms with Gasteiger partial charge in [0.05, 0.1) is 12.1 Å². The van der Waals surface area contributed by atoms with Crippen molar-refractivity contribution in [1.82, 2.24) is 25.8 Å². The molecule has 0 saturated heterocycles. The van der Waals surface area contributed by atoms with Crippen molar-refractivity contribution in [3.8, 4) is 0 Å². The number of tetrazole rings is 1. The molecule has 4 rings (SSSR count). The van der Waals surface area contributed by atoms with E-state index < -0.39 is 5.97 Å². The number of hydrogen-bond acceptors (Lipinski definition) is 6. The van der Waals surface area contributed by atoms with Gasteiger partial charge >= 0.3 is 5.97 Å². The Morgan fingerprint density at radius 2 is 2.07 bits per heavy atom. The number of aliphatic carboxylic acids is 1. The highest BCUT2D eigenvalue weighted by Gasteiger charge is 2.41. The van der Waals surface area contributed by atoms with Gasteiger partial charge in [0.2, 0.25) is 0 Å². The molecular weight excluding hydrogens is 358 g/mol. The number of carbonyl (C=O) groups is 1. The van der Waals surface area contributed by atoms with Crippen LogP contribution in [-0.4, -0.2) is 36.9 Å². The summed E-state index contributed by atoms with van der Waals surface area (Å²) < 4.78 is 5.86. The van der Waals surface area contributed by atoms with Gasteiger partial charge in [-0.05, 0) is 56.3 Å². The smallest absolute Gasteiger partial charge is 0.304 e. The Morgan fingerprint density at radius 3 is 2.68 bits per heavy atom. The Kier molecular flexibility index (Phi) is 5.46. The lowest BCUT2D eigenvalue weighted by Gasteiger charge is -2.35. The predicted molar refractivity (Wildman–Crippen MR) is 101 cm³/mol. The highest BCUT2D eigenvalue weighted by Crippen LogP contribution is 2.52. The number of rotatable bonds is 10. The molecule has 28 heavy (non-hydrogen) atoms. The van der Waals surface area contributed by atoms with Crippen molar-refractivity contribution in [3.63, 3.8) is 0 Å². The summed E-state index contributed by atoms with van der Waals surface area (Å²) in [6, 6.07) is 0. The van der Waals surface area contributed by atoms with E-state index >= 15 is 0 Å². The average molecular weight is 387 g/mol. The first-order valence-electron chi connectivity index (χ1n) is 10.4. The van der Waals surface area contributed by atoms with E-state index in [1.54, 1.807) is 0 Å². The van der Waals surface area contributed by atoms with Crippen LogP contribution in [0, 0.1) is 11.8 Å². The van der Waals surface area contributed by atoms with Gasteiger partial charge in [-0.25, -0.2) is 0 Å². The minimum absolute atomic E-state index is 0.0458. The van der Waals surface area contributed by atoms with E-state index in [1.807, 2.05) is 0 Å². The number of nitrogens with one attached hydrogen (secondary N) is 1. The van der Waals surface area contributed by atoms with Crippen molar-refractivity contribution in [2.75, 3.05) is 0 Å². The summed E-state index contributed by atoms with van der Waals surface area (Å²) >= 11 is 0. The van der Waals surface area contributed by atoms with Crippen LogP contribution in [0.5, 0.6) is 0 Å². The summed E-state index contributed by atoms with van der Waals surface area (Å²) in [5, 5.41) is 27.8. The standard InChI is InChI=1S/C20H29N5O3/c1-11(2)7-12-8-15(9-12)20-18(13-3-4-13)19(23-28-20)14(10-17(26)27)5-6-16-21-24-25-22-16/h11-15H,3-10H2,1-2H3,(H,26,27)(H,21,22,24,25)/t12?,14-,15?/m0/s1. The van der Waals surface area contributed by atoms with E-state index in [1.165, 1.54) is 24.8 Å². The molecule has 0 spiro atoms. The van der Waals surface area contributed by atoms with Crippen LogP contribution in [0.1, 0.15) is 99.4 Å². The van der Waals surface area contributed by atoms with Gasteiger partial charge in [-0.2, -0.15) is 5.21 Å². The first-order valence-corrected chi connectivity index (χ1v) is 10.4. The van der Waals surface area contributed by atoms with Crippen molar-refractivity contribution in [1.29, 1.82) is 0 Å². The van der Waals surface area contributed by atoms with Gasteiger partial charge in [0.15, 0.2) is 5.82 Å². The lowest BCUT2D eigenvalue weighted by Crippen LogP contribution is -2.23. The molecule has 0 bridgehead atoms. The zero-order chi connectivity index (χ0) is 19.7. The first-order chi connectivity index (χ1) is 13.5. The van der Waals surface area contributed by atoms with Crippen LogP contribution < -0.4 is 0 Å². The van der Waals surface area contributed by atoms with E-state index in [0.717, 1.165) is 36.1 Å². The zero-order valence-corrected chi connectivity index (χ0v) is 16.6. The second kappa shape index (κ2) is 8.01. The number of aromatic nitrogens is 5. The lowest BCUT2D eigenvalue weighted by atomic mass is 9.69. The number of nitrogens with zero attached hydrogens (tertiary/aromatic N) is 4. The molecule has 2 saturated carbocycles. The molecule has 0 aromatic carbocycles. The first kappa shape index (κ1) is 19.1. The van der Waals surface area contributed by atoms with E-state index in [9.17, 15) is 9.90 Å². The van der Waals surface area contributed by atoms with Crippen LogP contribution in [0.3, 0.4) is 0 Å². The number of H-pyrrole nitrogens is 1. The van der Waals surface area contributed by atoms with E-state index in [2.05, 4.69) is 39.6 Å². The molecule has 8 nitrogen and oxygen atoms in total. The van der Waals surface area contributed by atoms with Gasteiger partial charge in [-0.1, -0.05) is 24.2 Å². The van der Waals surface area contributed by atoms with Gasteiger partial charge in [-0.15, -0.1) is 10.2 Å². The van der Waals surface area contributed by atoms with Crippen LogP contribution in [0.2, 0.25) is 0 Å². The molecule has 0 radical (unpaired) electrons. The summed E-state index contributed by atoms with van der Waals surface area (Å²) in [6.07, 6.45) is 7.13. The maximum atomic E-state index is 11.5. The molecule has 2 N–H and O–H groups in total. The largest absolute Gasteiger partial charge is 0.481 e. The maximum absolute atomic E-state index is 11.5. The Balaban J connectivity index is 1.51. The van der Waals surface area contributed by atoms with Crippen molar-refractivity contribution in [3.05, 3.63) is 22.8 Å². The Morgan fingerprint density at radius 1 is 1.29 bits per heavy atom. The van der Waals surface area contributed by atoms with Gasteiger partial charge in [-0.3, -0.25) is 4.79 Å². The highest BCUT2D eigenvalue weighted by atomic mass is 16.5. The highest BCUT2D eigenvalue weighted by molar-refractivity contribution is 5.68. The van der Waals surface area contributed by atoms with Crippen LogP contribution in [-0.2, 0) is 11.2 Å². The van der Waals surface area contributed by atoms with E-state index in [4.69, 9.17) is 4.52 Å². The van der Waals surface area contributed by atoms with Gasteiger partial charge < -0.3 is 9.63 Å².